The van der Waals surface area contributed by atoms with Crippen LogP contribution >= 0.6 is 0 Å². The fourth-order valence-electron chi connectivity index (χ4n) is 4.15. The molecular weight excluding hydrogens is 483 g/mol. The van der Waals surface area contributed by atoms with Gasteiger partial charge in [0, 0.05) is 39.9 Å². The van der Waals surface area contributed by atoms with Crippen LogP contribution in [0.5, 0.6) is 0 Å². The molecule has 5 aromatic heterocycles. The van der Waals surface area contributed by atoms with Gasteiger partial charge in [-0.15, -0.1) is 0 Å². The number of anilines is 1. The van der Waals surface area contributed by atoms with E-state index < -0.39 is 5.41 Å². The summed E-state index contributed by atoms with van der Waals surface area (Å²) in [6.45, 7) is 5.55. The third-order valence-corrected chi connectivity index (χ3v) is 6.20. The van der Waals surface area contributed by atoms with Gasteiger partial charge in [-0.2, -0.15) is 5.10 Å². The number of benzene rings is 1. The van der Waals surface area contributed by atoms with E-state index in [4.69, 9.17) is 0 Å². The molecule has 0 aliphatic carbocycles. The Balaban J connectivity index is 1.41. The second-order valence-electron chi connectivity index (χ2n) is 9.98. The van der Waals surface area contributed by atoms with E-state index in [1.54, 1.807) is 49.1 Å². The van der Waals surface area contributed by atoms with Crippen LogP contribution in [0.4, 0.5) is 10.1 Å². The summed E-state index contributed by atoms with van der Waals surface area (Å²) in [5.74, 6) is 0.0563. The second kappa shape index (κ2) is 8.84. The highest BCUT2D eigenvalue weighted by Crippen LogP contribution is 2.33. The van der Waals surface area contributed by atoms with Crippen molar-refractivity contribution in [3.63, 3.8) is 0 Å². The maximum absolute atomic E-state index is 14.5. The lowest BCUT2D eigenvalue weighted by molar-refractivity contribution is -0.123. The third kappa shape index (κ3) is 4.15. The first-order valence-corrected chi connectivity index (χ1v) is 12.0. The molecule has 188 valence electrons. The molecular formula is C28H23FN8O. The molecule has 6 rings (SSSR count). The monoisotopic (exact) mass is 506 g/mol. The van der Waals surface area contributed by atoms with Crippen molar-refractivity contribution >= 4 is 33.7 Å². The number of hydrogen-bond donors (Lipinski definition) is 3. The smallest absolute Gasteiger partial charge is 0.229 e. The van der Waals surface area contributed by atoms with Crippen molar-refractivity contribution in [2.45, 2.75) is 20.8 Å². The molecule has 0 unspecified atom stereocenters. The van der Waals surface area contributed by atoms with E-state index in [2.05, 4.69) is 40.4 Å². The molecule has 9 nitrogen and oxygen atoms in total. The van der Waals surface area contributed by atoms with Gasteiger partial charge >= 0.3 is 0 Å². The Hall–Kier alpha value is -4.99. The topological polar surface area (TPSA) is 125 Å². The zero-order valence-corrected chi connectivity index (χ0v) is 20.9. The summed E-state index contributed by atoms with van der Waals surface area (Å²) in [4.78, 5) is 33.6. The highest BCUT2D eigenvalue weighted by atomic mass is 19.1. The number of carbonyl (C=O) groups excluding carboxylic acids is 1. The molecule has 3 N–H and O–H groups in total. The van der Waals surface area contributed by atoms with Crippen LogP contribution in [0.25, 0.3) is 56.0 Å². The Kier molecular flexibility index (Phi) is 5.45. The Morgan fingerprint density at radius 1 is 1.00 bits per heavy atom. The predicted molar refractivity (Wildman–Crippen MR) is 143 cm³/mol. The minimum atomic E-state index is -0.535. The lowest BCUT2D eigenvalue weighted by atomic mass is 9.95. The second-order valence-corrected chi connectivity index (χ2v) is 9.98. The van der Waals surface area contributed by atoms with E-state index >= 15 is 0 Å². The Labute approximate surface area is 216 Å². The van der Waals surface area contributed by atoms with Gasteiger partial charge in [-0.25, -0.2) is 14.4 Å². The van der Waals surface area contributed by atoms with Gasteiger partial charge < -0.3 is 10.3 Å². The highest BCUT2D eigenvalue weighted by Gasteiger charge is 2.22. The Morgan fingerprint density at radius 2 is 1.84 bits per heavy atom. The summed E-state index contributed by atoms with van der Waals surface area (Å²) in [6, 6.07) is 12.1. The Bertz CT molecular complexity index is 1830. The average molecular weight is 507 g/mol. The number of rotatable bonds is 4. The first kappa shape index (κ1) is 23.4. The van der Waals surface area contributed by atoms with Gasteiger partial charge in [-0.1, -0.05) is 39.0 Å². The maximum Gasteiger partial charge on any atom is 0.229 e. The number of aromatic nitrogens is 7. The molecule has 0 radical (unpaired) electrons. The standard InChI is InChI=1S/C28H23FN8O/c1-28(2,3)27(38)33-16-10-15(12-30-13-16)21-11-19-22(14-32-21)36-37-24(19)26-34-23-18(8-9-31-25(23)35-26)17-6-4-5-7-20(17)29/h4-14H,1-3H3,(H,33,38)(H,36,37)(H,31,34,35). The molecule has 38 heavy (non-hydrogen) atoms. The molecule has 0 fully saturated rings. The number of carbonyl (C=O) groups is 1. The van der Waals surface area contributed by atoms with Gasteiger partial charge in [0.2, 0.25) is 5.91 Å². The molecule has 0 bridgehead atoms. The average Bonchev–Trinajstić information content (AvgIpc) is 3.52. The number of amides is 1. The van der Waals surface area contributed by atoms with Crippen LogP contribution in [0.3, 0.4) is 0 Å². The van der Waals surface area contributed by atoms with Crippen molar-refractivity contribution in [1.82, 2.24) is 35.1 Å². The molecule has 0 saturated carbocycles. The Morgan fingerprint density at radius 3 is 2.66 bits per heavy atom. The number of hydrogen-bond acceptors (Lipinski definition) is 6. The molecule has 0 atom stereocenters. The summed E-state index contributed by atoms with van der Waals surface area (Å²) in [5, 5.41) is 11.1. The molecule has 5 heterocycles. The van der Waals surface area contributed by atoms with Crippen LogP contribution in [0.2, 0.25) is 0 Å². The summed E-state index contributed by atoms with van der Waals surface area (Å²) in [5.41, 5.74) is 4.92. The van der Waals surface area contributed by atoms with Gasteiger partial charge in [-0.05, 0) is 24.3 Å². The van der Waals surface area contributed by atoms with Crippen molar-refractivity contribution in [3.8, 4) is 33.9 Å². The molecule has 1 amide bonds. The minimum Gasteiger partial charge on any atom is -0.335 e. The molecule has 0 spiro atoms. The number of aromatic amines is 2. The number of imidazole rings is 1. The van der Waals surface area contributed by atoms with E-state index in [1.165, 1.54) is 6.07 Å². The quantitative estimate of drug-likeness (QED) is 0.280. The van der Waals surface area contributed by atoms with Gasteiger partial charge in [0.05, 0.1) is 34.8 Å². The van der Waals surface area contributed by atoms with Crippen LogP contribution in [-0.2, 0) is 4.79 Å². The van der Waals surface area contributed by atoms with E-state index in [0.717, 1.165) is 16.5 Å². The highest BCUT2D eigenvalue weighted by molar-refractivity contribution is 5.97. The number of nitrogens with zero attached hydrogens (tertiary/aromatic N) is 5. The van der Waals surface area contributed by atoms with E-state index in [-0.39, 0.29) is 11.7 Å². The van der Waals surface area contributed by atoms with Crippen LogP contribution in [0.15, 0.2) is 67.3 Å². The lowest BCUT2D eigenvalue weighted by Crippen LogP contribution is -2.27. The number of H-pyrrole nitrogens is 2. The summed E-state index contributed by atoms with van der Waals surface area (Å²) in [7, 11) is 0. The van der Waals surface area contributed by atoms with Crippen LogP contribution < -0.4 is 5.32 Å². The van der Waals surface area contributed by atoms with E-state index in [9.17, 15) is 9.18 Å². The van der Waals surface area contributed by atoms with Crippen molar-refractivity contribution < 1.29 is 9.18 Å². The normalized spacial score (nSPS) is 11.8. The third-order valence-electron chi connectivity index (χ3n) is 6.20. The first-order chi connectivity index (χ1) is 18.3. The van der Waals surface area contributed by atoms with Crippen LogP contribution in [-0.4, -0.2) is 41.0 Å². The van der Waals surface area contributed by atoms with Gasteiger partial charge in [0.1, 0.15) is 11.5 Å². The minimum absolute atomic E-state index is 0.106. The molecule has 0 aliphatic heterocycles. The van der Waals surface area contributed by atoms with E-state index in [0.29, 0.717) is 45.2 Å². The number of pyridine rings is 3. The largest absolute Gasteiger partial charge is 0.335 e. The van der Waals surface area contributed by atoms with Gasteiger partial charge in [0.15, 0.2) is 11.5 Å². The predicted octanol–water partition coefficient (Wildman–Crippen LogP) is 5.75. The summed E-state index contributed by atoms with van der Waals surface area (Å²) < 4.78 is 14.5. The fourth-order valence-corrected chi connectivity index (χ4v) is 4.15. The van der Waals surface area contributed by atoms with Crippen molar-refractivity contribution in [3.05, 3.63) is 73.1 Å². The van der Waals surface area contributed by atoms with Crippen molar-refractivity contribution in [2.75, 3.05) is 5.32 Å². The number of fused-ring (bicyclic) bond motifs is 2. The molecule has 10 heteroatoms. The van der Waals surface area contributed by atoms with Gasteiger partial charge in [-0.3, -0.25) is 19.9 Å². The molecule has 0 aliphatic rings. The zero-order valence-electron chi connectivity index (χ0n) is 20.9. The fraction of sp³-hybridized carbons (Fsp3) is 0.143. The van der Waals surface area contributed by atoms with Crippen LogP contribution in [0, 0.1) is 11.2 Å². The molecule has 1 aromatic carbocycles. The molecule has 6 aromatic rings. The molecule has 0 saturated heterocycles. The summed E-state index contributed by atoms with van der Waals surface area (Å²) in [6.07, 6.45) is 6.58. The maximum atomic E-state index is 14.5. The lowest BCUT2D eigenvalue weighted by Gasteiger charge is -2.17. The van der Waals surface area contributed by atoms with Crippen LogP contribution in [0.1, 0.15) is 20.8 Å². The van der Waals surface area contributed by atoms with Crippen molar-refractivity contribution in [2.24, 2.45) is 5.41 Å². The SMILES string of the molecule is CC(C)(C)C(=O)Nc1cncc(-c2cc3c(-c4nc5nccc(-c6ccccc6F)c5[nH]4)n[nH]c3cn2)c1. The van der Waals surface area contributed by atoms with Gasteiger partial charge in [0.25, 0.3) is 0 Å². The zero-order chi connectivity index (χ0) is 26.4. The summed E-state index contributed by atoms with van der Waals surface area (Å²) >= 11 is 0. The van der Waals surface area contributed by atoms with Crippen molar-refractivity contribution in [1.29, 1.82) is 0 Å². The van der Waals surface area contributed by atoms with E-state index in [1.807, 2.05) is 32.9 Å². The number of halogens is 1. The first-order valence-electron chi connectivity index (χ1n) is 12.0. The number of nitrogens with one attached hydrogen (secondary N) is 3.